The summed E-state index contributed by atoms with van der Waals surface area (Å²) in [7, 11) is 0. The number of fused-ring (bicyclic) bond motifs is 1. The molecule has 0 saturated carbocycles. The first-order valence-electron chi connectivity index (χ1n) is 8.85. The summed E-state index contributed by atoms with van der Waals surface area (Å²) in [5, 5.41) is 8.88. The van der Waals surface area contributed by atoms with E-state index in [4.69, 9.17) is 4.74 Å². The fourth-order valence-electron chi connectivity index (χ4n) is 3.37. The molecule has 2 aromatic heterocycles. The molecule has 164 valence electrons. The highest BCUT2D eigenvalue weighted by Crippen LogP contribution is 2.43. The second-order valence-corrected chi connectivity index (χ2v) is 6.42. The minimum atomic E-state index is -5.09. The van der Waals surface area contributed by atoms with Gasteiger partial charge in [0, 0.05) is 17.1 Å². The van der Waals surface area contributed by atoms with Gasteiger partial charge in [-0.1, -0.05) is 25.1 Å². The van der Waals surface area contributed by atoms with E-state index in [2.05, 4.69) is 9.97 Å². The van der Waals surface area contributed by atoms with Gasteiger partial charge in [0.1, 0.15) is 5.69 Å². The van der Waals surface area contributed by atoms with Gasteiger partial charge >= 0.3 is 18.5 Å². The zero-order chi connectivity index (χ0) is 23.0. The highest BCUT2D eigenvalue weighted by molar-refractivity contribution is 5.88. The summed E-state index contributed by atoms with van der Waals surface area (Å²) in [5.41, 5.74) is -4.82. The first-order valence-corrected chi connectivity index (χ1v) is 8.85. The van der Waals surface area contributed by atoms with Crippen molar-refractivity contribution in [1.29, 1.82) is 0 Å². The van der Waals surface area contributed by atoms with Gasteiger partial charge in [-0.2, -0.15) is 26.3 Å². The van der Waals surface area contributed by atoms with Crippen LogP contribution in [0.5, 0.6) is 0 Å². The fraction of sp³-hybridized carbons (Fsp3) is 0.250. The lowest BCUT2D eigenvalue weighted by atomic mass is 9.91. The van der Waals surface area contributed by atoms with Gasteiger partial charge in [0.15, 0.2) is 6.10 Å². The molecule has 2 heterocycles. The molecule has 0 aliphatic rings. The van der Waals surface area contributed by atoms with Gasteiger partial charge in [-0.05, 0) is 30.2 Å². The first-order chi connectivity index (χ1) is 14.4. The molecule has 1 N–H and O–H groups in total. The van der Waals surface area contributed by atoms with Gasteiger partial charge in [0.2, 0.25) is 0 Å². The van der Waals surface area contributed by atoms with E-state index in [0.717, 1.165) is 12.1 Å². The first kappa shape index (κ1) is 22.3. The molecule has 0 amide bonds. The van der Waals surface area contributed by atoms with Crippen LogP contribution >= 0.6 is 0 Å². The zero-order valence-electron chi connectivity index (χ0n) is 15.8. The number of carboxylic acid groups (broad SMARTS) is 1. The number of rotatable bonds is 4. The molecule has 11 heteroatoms. The van der Waals surface area contributed by atoms with Gasteiger partial charge in [-0.25, -0.2) is 9.78 Å². The Hall–Kier alpha value is -3.37. The predicted octanol–water partition coefficient (Wildman–Crippen LogP) is 6.01. The SMILES string of the molecule is CCc1c(C(F)(F)F)nc2c(C(F)(F)F)cccc2c1C(OC(=O)O)c1ccccn1. The highest BCUT2D eigenvalue weighted by atomic mass is 19.4. The van der Waals surface area contributed by atoms with E-state index >= 15 is 0 Å². The molecule has 31 heavy (non-hydrogen) atoms. The van der Waals surface area contributed by atoms with E-state index < -0.39 is 46.9 Å². The number of carbonyl (C=O) groups is 1. The van der Waals surface area contributed by atoms with Crippen LogP contribution < -0.4 is 0 Å². The highest BCUT2D eigenvalue weighted by Gasteiger charge is 2.41. The molecule has 5 nitrogen and oxygen atoms in total. The molecule has 1 atom stereocenters. The van der Waals surface area contributed by atoms with E-state index in [1.165, 1.54) is 31.3 Å². The second kappa shape index (κ2) is 8.05. The maximum atomic E-state index is 13.8. The number of para-hydroxylation sites is 1. The summed E-state index contributed by atoms with van der Waals surface area (Å²) in [6, 6.07) is 7.00. The molecular formula is C20H14F6N2O3. The number of nitrogens with zero attached hydrogens (tertiary/aromatic N) is 2. The van der Waals surface area contributed by atoms with Gasteiger partial charge < -0.3 is 9.84 Å². The van der Waals surface area contributed by atoms with Crippen LogP contribution in [0.25, 0.3) is 10.9 Å². The van der Waals surface area contributed by atoms with Crippen molar-refractivity contribution in [2.45, 2.75) is 31.8 Å². The third kappa shape index (κ3) is 4.39. The molecule has 0 aliphatic carbocycles. The Morgan fingerprint density at radius 1 is 1.06 bits per heavy atom. The smallest absolute Gasteiger partial charge is 0.450 e. The predicted molar refractivity (Wildman–Crippen MR) is 96.3 cm³/mol. The third-order valence-electron chi connectivity index (χ3n) is 4.53. The molecule has 0 saturated heterocycles. The Kier molecular flexibility index (Phi) is 5.79. The van der Waals surface area contributed by atoms with Crippen LogP contribution in [0.2, 0.25) is 0 Å². The number of aromatic nitrogens is 2. The summed E-state index contributed by atoms with van der Waals surface area (Å²) in [6.45, 7) is 1.35. The Balaban J connectivity index is 2.51. The van der Waals surface area contributed by atoms with Crippen molar-refractivity contribution in [2.75, 3.05) is 0 Å². The lowest BCUT2D eigenvalue weighted by molar-refractivity contribution is -0.142. The number of hydrogen-bond acceptors (Lipinski definition) is 4. The molecule has 1 aromatic carbocycles. The van der Waals surface area contributed by atoms with E-state index in [1.54, 1.807) is 0 Å². The molecule has 1 unspecified atom stereocenters. The lowest BCUT2D eigenvalue weighted by Gasteiger charge is -2.24. The molecule has 0 fully saturated rings. The van der Waals surface area contributed by atoms with Crippen molar-refractivity contribution in [3.05, 3.63) is 70.7 Å². The van der Waals surface area contributed by atoms with Crippen molar-refractivity contribution < 1.29 is 41.0 Å². The van der Waals surface area contributed by atoms with Gasteiger partial charge in [-0.15, -0.1) is 0 Å². The van der Waals surface area contributed by atoms with E-state index in [0.29, 0.717) is 6.07 Å². The summed E-state index contributed by atoms with van der Waals surface area (Å²) >= 11 is 0. The third-order valence-corrected chi connectivity index (χ3v) is 4.53. The number of hydrogen-bond donors (Lipinski definition) is 1. The normalized spacial score (nSPS) is 13.3. The van der Waals surface area contributed by atoms with E-state index in [1.807, 2.05) is 0 Å². The molecule has 0 aliphatic heterocycles. The van der Waals surface area contributed by atoms with Crippen LogP contribution in [0.1, 0.15) is 41.1 Å². The Labute approximate surface area is 171 Å². The zero-order valence-corrected chi connectivity index (χ0v) is 15.8. The summed E-state index contributed by atoms with van der Waals surface area (Å²) in [4.78, 5) is 18.6. The number of benzene rings is 1. The monoisotopic (exact) mass is 444 g/mol. The minimum absolute atomic E-state index is 0.0855. The van der Waals surface area contributed by atoms with Crippen LogP contribution in [0.3, 0.4) is 0 Å². The van der Waals surface area contributed by atoms with Crippen LogP contribution in [0.15, 0.2) is 42.6 Å². The van der Waals surface area contributed by atoms with Crippen LogP contribution in [0.4, 0.5) is 31.1 Å². The maximum absolute atomic E-state index is 13.8. The number of halogens is 6. The maximum Gasteiger partial charge on any atom is 0.506 e. The average molecular weight is 444 g/mol. The summed E-state index contributed by atoms with van der Waals surface area (Å²) < 4.78 is 86.8. The number of pyridine rings is 2. The summed E-state index contributed by atoms with van der Waals surface area (Å²) in [5.74, 6) is 0. The molecular weight excluding hydrogens is 430 g/mol. The topological polar surface area (TPSA) is 72.3 Å². The fourth-order valence-corrected chi connectivity index (χ4v) is 3.37. The standard InChI is InChI=1S/C20H14F6N2O3/c1-2-10-14(16(31-18(29)30)13-8-3-4-9-27-13)11-6-5-7-12(19(21,22)23)15(11)28-17(10)20(24,25)26/h3-9,16H,2H2,1H3,(H,29,30). The van der Waals surface area contributed by atoms with E-state index in [9.17, 15) is 36.2 Å². The minimum Gasteiger partial charge on any atom is -0.450 e. The molecule has 3 rings (SSSR count). The van der Waals surface area contributed by atoms with Crippen molar-refractivity contribution in [3.8, 4) is 0 Å². The van der Waals surface area contributed by atoms with Gasteiger partial charge in [-0.3, -0.25) is 4.98 Å². The van der Waals surface area contributed by atoms with Crippen LogP contribution in [0, 0.1) is 0 Å². The quantitative estimate of drug-likeness (QED) is 0.394. The molecule has 0 radical (unpaired) electrons. The average Bonchev–Trinajstić information content (AvgIpc) is 2.69. The van der Waals surface area contributed by atoms with Crippen molar-refractivity contribution in [2.24, 2.45) is 0 Å². The van der Waals surface area contributed by atoms with Gasteiger partial charge in [0.05, 0.1) is 16.8 Å². The molecule has 0 spiro atoms. The molecule has 3 aromatic rings. The lowest BCUT2D eigenvalue weighted by Crippen LogP contribution is -2.20. The van der Waals surface area contributed by atoms with Crippen molar-refractivity contribution in [3.63, 3.8) is 0 Å². The van der Waals surface area contributed by atoms with Crippen LogP contribution in [-0.4, -0.2) is 21.2 Å². The Bertz CT molecular complexity index is 1110. The van der Waals surface area contributed by atoms with E-state index in [-0.39, 0.29) is 23.1 Å². The van der Waals surface area contributed by atoms with Crippen LogP contribution in [-0.2, 0) is 23.5 Å². The second-order valence-electron chi connectivity index (χ2n) is 6.42. The summed E-state index contributed by atoms with van der Waals surface area (Å²) in [6.07, 6.45) is -12.7. The Morgan fingerprint density at radius 2 is 1.77 bits per heavy atom. The molecule has 0 bridgehead atoms. The Morgan fingerprint density at radius 3 is 2.29 bits per heavy atom. The van der Waals surface area contributed by atoms with Gasteiger partial charge in [0.25, 0.3) is 0 Å². The van der Waals surface area contributed by atoms with Crippen molar-refractivity contribution >= 4 is 17.1 Å². The number of ether oxygens (including phenoxy) is 1. The number of alkyl halides is 6. The largest absolute Gasteiger partial charge is 0.506 e. The van der Waals surface area contributed by atoms with Crippen molar-refractivity contribution in [1.82, 2.24) is 9.97 Å².